The third-order valence-electron chi connectivity index (χ3n) is 5.14. The molecule has 2 aliphatic rings. The molecule has 7 heteroatoms. The number of hydrogen-bond donors (Lipinski definition) is 2. The number of likely N-dealkylation sites (tertiary alicyclic amines) is 1. The van der Waals surface area contributed by atoms with E-state index in [1.54, 1.807) is 6.33 Å². The molecule has 0 spiro atoms. The van der Waals surface area contributed by atoms with E-state index < -0.39 is 0 Å². The van der Waals surface area contributed by atoms with Gasteiger partial charge in [0.05, 0.1) is 6.33 Å². The van der Waals surface area contributed by atoms with Gasteiger partial charge in [0.15, 0.2) is 11.5 Å². The van der Waals surface area contributed by atoms with Crippen LogP contribution in [-0.4, -0.2) is 57.7 Å². The highest BCUT2D eigenvalue weighted by Crippen LogP contribution is 2.28. The second kappa shape index (κ2) is 6.41. The van der Waals surface area contributed by atoms with Gasteiger partial charge in [-0.15, -0.1) is 0 Å². The van der Waals surface area contributed by atoms with Crippen molar-refractivity contribution in [2.24, 2.45) is 5.92 Å². The third-order valence-corrected chi connectivity index (χ3v) is 5.14. The second-order valence-electron chi connectivity index (χ2n) is 6.70. The van der Waals surface area contributed by atoms with Crippen LogP contribution in [0.1, 0.15) is 37.4 Å². The number of piperidine rings is 1. The predicted molar refractivity (Wildman–Crippen MR) is 88.1 cm³/mol. The number of aromatic amines is 1. The van der Waals surface area contributed by atoms with E-state index in [0.717, 1.165) is 56.4 Å². The molecule has 23 heavy (non-hydrogen) atoms. The summed E-state index contributed by atoms with van der Waals surface area (Å²) in [6.07, 6.45) is 6.22. The first-order valence-corrected chi connectivity index (χ1v) is 8.56. The molecule has 0 aliphatic carbocycles. The van der Waals surface area contributed by atoms with Crippen LogP contribution in [0.5, 0.6) is 0 Å². The molecule has 2 aromatic rings. The van der Waals surface area contributed by atoms with Gasteiger partial charge in [0.1, 0.15) is 11.3 Å². The Morgan fingerprint density at radius 3 is 2.74 bits per heavy atom. The molecule has 2 saturated heterocycles. The Balaban J connectivity index is 1.38. The Morgan fingerprint density at radius 2 is 1.96 bits per heavy atom. The zero-order valence-electron chi connectivity index (χ0n) is 13.4. The van der Waals surface area contributed by atoms with Gasteiger partial charge in [-0.3, -0.25) is 0 Å². The summed E-state index contributed by atoms with van der Waals surface area (Å²) in [6.45, 7) is 5.29. The highest BCUT2D eigenvalue weighted by Gasteiger charge is 2.26. The van der Waals surface area contributed by atoms with Gasteiger partial charge in [-0.1, -0.05) is 0 Å². The van der Waals surface area contributed by atoms with Crippen molar-refractivity contribution in [3.05, 3.63) is 12.2 Å². The van der Waals surface area contributed by atoms with E-state index in [2.05, 4.69) is 24.8 Å². The standard InChI is InChI=1S/C16H24N6O/c17-14-13-16(19-10-18-13)21-15(20-14)12-1-5-22(6-2-12)9-11-3-7-23-8-4-11/h10-12H,1-9H2,(H3,17,18,19,20,21). The molecule has 124 valence electrons. The van der Waals surface area contributed by atoms with Crippen molar-refractivity contribution in [3.63, 3.8) is 0 Å². The van der Waals surface area contributed by atoms with E-state index >= 15 is 0 Å². The van der Waals surface area contributed by atoms with Gasteiger partial charge >= 0.3 is 0 Å². The van der Waals surface area contributed by atoms with Gasteiger partial charge in [-0.25, -0.2) is 15.0 Å². The van der Waals surface area contributed by atoms with Crippen LogP contribution in [0, 0.1) is 5.92 Å². The minimum atomic E-state index is 0.393. The van der Waals surface area contributed by atoms with Crippen molar-refractivity contribution >= 4 is 17.0 Å². The van der Waals surface area contributed by atoms with E-state index in [0.29, 0.717) is 17.4 Å². The van der Waals surface area contributed by atoms with Crippen LogP contribution in [0.25, 0.3) is 11.2 Å². The molecule has 0 radical (unpaired) electrons. The Bertz CT molecular complexity index is 658. The fourth-order valence-corrected chi connectivity index (χ4v) is 3.72. The normalized spacial score (nSPS) is 21.9. The van der Waals surface area contributed by atoms with Crippen molar-refractivity contribution in [2.75, 3.05) is 38.6 Å². The minimum absolute atomic E-state index is 0.393. The van der Waals surface area contributed by atoms with Crippen molar-refractivity contribution in [1.82, 2.24) is 24.8 Å². The highest BCUT2D eigenvalue weighted by molar-refractivity contribution is 5.80. The lowest BCUT2D eigenvalue weighted by molar-refractivity contribution is 0.0486. The van der Waals surface area contributed by atoms with Crippen LogP contribution in [0.4, 0.5) is 5.82 Å². The Labute approximate surface area is 135 Å². The molecule has 7 nitrogen and oxygen atoms in total. The lowest BCUT2D eigenvalue weighted by Gasteiger charge is -2.34. The zero-order chi connectivity index (χ0) is 15.6. The molecule has 0 unspecified atom stereocenters. The average Bonchev–Trinajstić information content (AvgIpc) is 3.06. The Morgan fingerprint density at radius 1 is 1.17 bits per heavy atom. The van der Waals surface area contributed by atoms with Gasteiger partial charge in [0.25, 0.3) is 0 Å². The topological polar surface area (TPSA) is 92.9 Å². The number of fused-ring (bicyclic) bond motifs is 1. The van der Waals surface area contributed by atoms with E-state index in [1.165, 1.54) is 19.4 Å². The smallest absolute Gasteiger partial charge is 0.183 e. The van der Waals surface area contributed by atoms with E-state index in [1.807, 2.05) is 0 Å². The number of rotatable bonds is 3. The molecule has 4 rings (SSSR count). The van der Waals surface area contributed by atoms with Crippen LogP contribution < -0.4 is 5.73 Å². The largest absolute Gasteiger partial charge is 0.382 e. The summed E-state index contributed by atoms with van der Waals surface area (Å²) in [6, 6.07) is 0. The van der Waals surface area contributed by atoms with E-state index in [-0.39, 0.29) is 0 Å². The first-order valence-electron chi connectivity index (χ1n) is 8.56. The molecule has 0 saturated carbocycles. The summed E-state index contributed by atoms with van der Waals surface area (Å²) >= 11 is 0. The maximum absolute atomic E-state index is 6.01. The molecule has 0 aromatic carbocycles. The maximum atomic E-state index is 6.01. The summed E-state index contributed by atoms with van der Waals surface area (Å²) in [4.78, 5) is 18.9. The highest BCUT2D eigenvalue weighted by atomic mass is 16.5. The third kappa shape index (κ3) is 3.16. The number of imidazole rings is 1. The van der Waals surface area contributed by atoms with Crippen LogP contribution in [-0.2, 0) is 4.74 Å². The molecular weight excluding hydrogens is 292 g/mol. The molecule has 2 fully saturated rings. The first-order chi connectivity index (χ1) is 11.3. The molecular formula is C16H24N6O. The van der Waals surface area contributed by atoms with Gasteiger partial charge in [-0.2, -0.15) is 0 Å². The average molecular weight is 316 g/mol. The minimum Gasteiger partial charge on any atom is -0.382 e. The number of nitrogens with two attached hydrogens (primary N) is 1. The molecule has 2 aliphatic heterocycles. The number of ether oxygens (including phenoxy) is 1. The van der Waals surface area contributed by atoms with Crippen LogP contribution in [0.15, 0.2) is 6.33 Å². The van der Waals surface area contributed by atoms with E-state index in [4.69, 9.17) is 10.5 Å². The van der Waals surface area contributed by atoms with Crippen molar-refractivity contribution < 1.29 is 4.74 Å². The number of nitrogen functional groups attached to an aromatic ring is 1. The van der Waals surface area contributed by atoms with Crippen LogP contribution in [0.3, 0.4) is 0 Å². The summed E-state index contributed by atoms with van der Waals surface area (Å²) in [5.41, 5.74) is 7.43. The van der Waals surface area contributed by atoms with Gasteiger partial charge in [0, 0.05) is 25.7 Å². The molecule has 3 N–H and O–H groups in total. The summed E-state index contributed by atoms with van der Waals surface area (Å²) < 4.78 is 5.45. The van der Waals surface area contributed by atoms with Crippen LogP contribution >= 0.6 is 0 Å². The summed E-state index contributed by atoms with van der Waals surface area (Å²) in [5.74, 6) is 2.55. The van der Waals surface area contributed by atoms with Crippen molar-refractivity contribution in [3.8, 4) is 0 Å². The maximum Gasteiger partial charge on any atom is 0.183 e. The SMILES string of the molecule is Nc1nc(C2CCN(CC3CCOCC3)CC2)nc2nc[nH]c12. The molecule has 0 atom stereocenters. The molecule has 0 bridgehead atoms. The molecule has 2 aromatic heterocycles. The number of hydrogen-bond acceptors (Lipinski definition) is 6. The van der Waals surface area contributed by atoms with Crippen molar-refractivity contribution in [2.45, 2.75) is 31.6 Å². The second-order valence-corrected chi connectivity index (χ2v) is 6.70. The lowest BCUT2D eigenvalue weighted by Crippen LogP contribution is -2.38. The molecule has 0 amide bonds. The van der Waals surface area contributed by atoms with Gasteiger partial charge in [0.2, 0.25) is 0 Å². The first kappa shape index (κ1) is 14.8. The number of aromatic nitrogens is 4. The van der Waals surface area contributed by atoms with Gasteiger partial charge < -0.3 is 20.4 Å². The lowest BCUT2D eigenvalue weighted by atomic mass is 9.93. The van der Waals surface area contributed by atoms with Gasteiger partial charge in [-0.05, 0) is 44.7 Å². The number of H-pyrrole nitrogens is 1. The van der Waals surface area contributed by atoms with Crippen molar-refractivity contribution in [1.29, 1.82) is 0 Å². The fourth-order valence-electron chi connectivity index (χ4n) is 3.72. The van der Waals surface area contributed by atoms with Crippen LogP contribution in [0.2, 0.25) is 0 Å². The zero-order valence-corrected chi connectivity index (χ0v) is 13.4. The fraction of sp³-hybridized carbons (Fsp3) is 0.688. The number of nitrogens with zero attached hydrogens (tertiary/aromatic N) is 4. The Kier molecular flexibility index (Phi) is 4.13. The number of anilines is 1. The predicted octanol–water partition coefficient (Wildman–Crippen LogP) is 1.54. The summed E-state index contributed by atoms with van der Waals surface area (Å²) in [5, 5.41) is 0. The summed E-state index contributed by atoms with van der Waals surface area (Å²) in [7, 11) is 0. The quantitative estimate of drug-likeness (QED) is 0.892. The Hall–Kier alpha value is -1.73. The molecule has 4 heterocycles. The van der Waals surface area contributed by atoms with E-state index in [9.17, 15) is 0 Å². The monoisotopic (exact) mass is 316 g/mol. The number of nitrogens with one attached hydrogen (secondary N) is 1.